The number of nitrogens with zero attached hydrogens (tertiary/aromatic N) is 1. The maximum Gasteiger partial charge on any atom is 0.229 e. The number of nitrogens with one attached hydrogen (secondary N) is 1. The highest BCUT2D eigenvalue weighted by molar-refractivity contribution is 7.14. The predicted molar refractivity (Wildman–Crippen MR) is 85.1 cm³/mol. The Morgan fingerprint density at radius 2 is 2.05 bits per heavy atom. The van der Waals surface area contributed by atoms with E-state index in [0.717, 1.165) is 28.7 Å². The van der Waals surface area contributed by atoms with Crippen molar-refractivity contribution in [1.82, 2.24) is 4.98 Å². The maximum absolute atomic E-state index is 12.4. The number of carbonyl (C=O) groups excluding carboxylic acids is 1. The zero-order chi connectivity index (χ0) is 14.2. The fourth-order valence-corrected chi connectivity index (χ4v) is 4.56. The van der Waals surface area contributed by atoms with E-state index in [4.69, 9.17) is 0 Å². The van der Waals surface area contributed by atoms with Crippen LogP contribution in [0.5, 0.6) is 0 Å². The molecule has 3 nitrogen and oxygen atoms in total. The van der Waals surface area contributed by atoms with E-state index in [9.17, 15) is 4.79 Å². The van der Waals surface area contributed by atoms with E-state index in [1.54, 1.807) is 0 Å². The molecule has 0 saturated heterocycles. The second-order valence-corrected chi connectivity index (χ2v) is 7.03. The number of aromatic nitrogens is 1. The molecular formula is C17H18N2OS. The molecule has 1 aromatic carbocycles. The monoisotopic (exact) mass is 298 g/mol. The molecule has 2 aliphatic rings. The molecule has 3 atom stereocenters. The van der Waals surface area contributed by atoms with Gasteiger partial charge in [-0.1, -0.05) is 36.8 Å². The highest BCUT2D eigenvalue weighted by atomic mass is 32.1. The van der Waals surface area contributed by atoms with Crippen molar-refractivity contribution in [3.63, 3.8) is 0 Å². The molecule has 4 heteroatoms. The summed E-state index contributed by atoms with van der Waals surface area (Å²) < 4.78 is 0. The number of carbonyl (C=O) groups is 1. The first-order chi connectivity index (χ1) is 10.3. The number of amides is 1. The van der Waals surface area contributed by atoms with Gasteiger partial charge in [0.1, 0.15) is 0 Å². The SMILES string of the molecule is O=C(Nc1nc(-c2ccccc2)cs1)[C@@H]1C[C@@H]2CC[C@@H]1C2. The minimum atomic E-state index is 0.177. The van der Waals surface area contributed by atoms with Gasteiger partial charge in [-0.2, -0.15) is 0 Å². The smallest absolute Gasteiger partial charge is 0.229 e. The van der Waals surface area contributed by atoms with Crippen LogP contribution in [0.2, 0.25) is 0 Å². The summed E-state index contributed by atoms with van der Waals surface area (Å²) in [6.07, 6.45) is 4.89. The highest BCUT2D eigenvalue weighted by Gasteiger charge is 2.43. The molecule has 2 saturated carbocycles. The summed E-state index contributed by atoms with van der Waals surface area (Å²) in [5.74, 6) is 1.80. The Kier molecular flexibility index (Phi) is 3.26. The number of benzene rings is 1. The summed E-state index contributed by atoms with van der Waals surface area (Å²) in [5, 5.41) is 5.76. The first-order valence-corrected chi connectivity index (χ1v) is 8.49. The van der Waals surface area contributed by atoms with Crippen molar-refractivity contribution in [3.8, 4) is 11.3 Å². The Balaban J connectivity index is 1.46. The van der Waals surface area contributed by atoms with Crippen LogP contribution in [0, 0.1) is 17.8 Å². The van der Waals surface area contributed by atoms with E-state index < -0.39 is 0 Å². The summed E-state index contributed by atoms with van der Waals surface area (Å²) in [7, 11) is 0. The van der Waals surface area contributed by atoms with Crippen molar-refractivity contribution >= 4 is 22.4 Å². The van der Waals surface area contributed by atoms with Crippen LogP contribution in [0.4, 0.5) is 5.13 Å². The predicted octanol–water partition coefficient (Wildman–Crippen LogP) is 4.18. The maximum atomic E-state index is 12.4. The van der Waals surface area contributed by atoms with E-state index in [1.807, 2.05) is 35.7 Å². The summed E-state index contributed by atoms with van der Waals surface area (Å²) in [5.41, 5.74) is 2.03. The van der Waals surface area contributed by atoms with E-state index in [2.05, 4.69) is 10.3 Å². The molecule has 2 aromatic rings. The van der Waals surface area contributed by atoms with Crippen LogP contribution < -0.4 is 5.32 Å². The fraction of sp³-hybridized carbons (Fsp3) is 0.412. The molecule has 2 bridgehead atoms. The number of hydrogen-bond acceptors (Lipinski definition) is 3. The lowest BCUT2D eigenvalue weighted by Gasteiger charge is -2.19. The van der Waals surface area contributed by atoms with Crippen LogP contribution in [0.3, 0.4) is 0 Å². The normalized spacial score (nSPS) is 27.0. The zero-order valence-electron chi connectivity index (χ0n) is 11.8. The third kappa shape index (κ3) is 2.48. The summed E-state index contributed by atoms with van der Waals surface area (Å²) >= 11 is 1.51. The van der Waals surface area contributed by atoms with Gasteiger partial charge in [-0.3, -0.25) is 4.79 Å². The van der Waals surface area contributed by atoms with Crippen LogP contribution in [-0.2, 0) is 4.79 Å². The van der Waals surface area contributed by atoms with Gasteiger partial charge in [0.15, 0.2) is 5.13 Å². The molecule has 4 rings (SSSR count). The highest BCUT2D eigenvalue weighted by Crippen LogP contribution is 2.48. The van der Waals surface area contributed by atoms with Gasteiger partial charge < -0.3 is 5.32 Å². The van der Waals surface area contributed by atoms with Crippen molar-refractivity contribution in [2.45, 2.75) is 25.7 Å². The van der Waals surface area contributed by atoms with Gasteiger partial charge in [-0.25, -0.2) is 4.98 Å². The van der Waals surface area contributed by atoms with Gasteiger partial charge in [0.25, 0.3) is 0 Å². The number of rotatable bonds is 3. The van der Waals surface area contributed by atoms with Crippen molar-refractivity contribution in [1.29, 1.82) is 0 Å². The zero-order valence-corrected chi connectivity index (χ0v) is 12.6. The van der Waals surface area contributed by atoms with Gasteiger partial charge >= 0.3 is 0 Å². The van der Waals surface area contributed by atoms with Gasteiger partial charge in [-0.05, 0) is 31.1 Å². The molecule has 0 unspecified atom stereocenters. The van der Waals surface area contributed by atoms with Gasteiger partial charge in [0.05, 0.1) is 5.69 Å². The average Bonchev–Trinajstić information content (AvgIpc) is 3.24. The minimum absolute atomic E-state index is 0.177. The lowest BCUT2D eigenvalue weighted by Crippen LogP contribution is -2.27. The second kappa shape index (κ2) is 5.26. The quantitative estimate of drug-likeness (QED) is 0.923. The van der Waals surface area contributed by atoms with E-state index >= 15 is 0 Å². The Bertz CT molecular complexity index is 652. The second-order valence-electron chi connectivity index (χ2n) is 6.17. The lowest BCUT2D eigenvalue weighted by molar-refractivity contribution is -0.121. The van der Waals surface area contributed by atoms with E-state index in [1.165, 1.54) is 30.6 Å². The Morgan fingerprint density at radius 1 is 1.19 bits per heavy atom. The molecule has 0 spiro atoms. The number of thiazole rings is 1. The molecular weight excluding hydrogens is 280 g/mol. The van der Waals surface area contributed by atoms with Crippen LogP contribution >= 0.6 is 11.3 Å². The largest absolute Gasteiger partial charge is 0.302 e. The van der Waals surface area contributed by atoms with Gasteiger partial charge in [0, 0.05) is 16.9 Å². The summed E-state index contributed by atoms with van der Waals surface area (Å²) in [4.78, 5) is 16.9. The number of fused-ring (bicyclic) bond motifs is 2. The van der Waals surface area contributed by atoms with Gasteiger partial charge in [0.2, 0.25) is 5.91 Å². The third-order valence-electron chi connectivity index (χ3n) is 4.88. The van der Waals surface area contributed by atoms with Crippen LogP contribution in [0.15, 0.2) is 35.7 Å². The molecule has 1 amide bonds. The summed E-state index contributed by atoms with van der Waals surface area (Å²) in [6, 6.07) is 10.1. The van der Waals surface area contributed by atoms with Crippen LogP contribution in [0.25, 0.3) is 11.3 Å². The molecule has 1 N–H and O–H groups in total. The number of anilines is 1. The molecule has 21 heavy (non-hydrogen) atoms. The molecule has 1 aromatic heterocycles. The van der Waals surface area contributed by atoms with Crippen LogP contribution in [-0.4, -0.2) is 10.9 Å². The Morgan fingerprint density at radius 3 is 2.76 bits per heavy atom. The molecule has 0 aliphatic heterocycles. The molecule has 1 heterocycles. The number of hydrogen-bond donors (Lipinski definition) is 1. The van der Waals surface area contributed by atoms with Crippen molar-refractivity contribution in [2.24, 2.45) is 17.8 Å². The molecule has 2 fully saturated rings. The van der Waals surface area contributed by atoms with Crippen molar-refractivity contribution in [2.75, 3.05) is 5.32 Å². The average molecular weight is 298 g/mol. The standard InChI is InChI=1S/C17H18N2OS/c20-16(14-9-11-6-7-13(14)8-11)19-17-18-15(10-21-17)12-4-2-1-3-5-12/h1-5,10-11,13-14H,6-9H2,(H,18,19,20)/t11-,13-,14-/m1/s1. The van der Waals surface area contributed by atoms with Gasteiger partial charge in [-0.15, -0.1) is 11.3 Å². The lowest BCUT2D eigenvalue weighted by atomic mass is 9.88. The van der Waals surface area contributed by atoms with Crippen LogP contribution in [0.1, 0.15) is 25.7 Å². The van der Waals surface area contributed by atoms with E-state index in [-0.39, 0.29) is 11.8 Å². The molecule has 0 radical (unpaired) electrons. The first kappa shape index (κ1) is 13.0. The minimum Gasteiger partial charge on any atom is -0.302 e. The fourth-order valence-electron chi connectivity index (χ4n) is 3.84. The topological polar surface area (TPSA) is 42.0 Å². The van der Waals surface area contributed by atoms with Crippen molar-refractivity contribution in [3.05, 3.63) is 35.7 Å². The molecule has 2 aliphatic carbocycles. The Hall–Kier alpha value is -1.68. The third-order valence-corrected chi connectivity index (χ3v) is 5.64. The van der Waals surface area contributed by atoms with Crippen molar-refractivity contribution < 1.29 is 4.79 Å². The Labute approximate surface area is 128 Å². The van der Waals surface area contributed by atoms with E-state index in [0.29, 0.717) is 5.92 Å². The first-order valence-electron chi connectivity index (χ1n) is 7.61. The summed E-state index contributed by atoms with van der Waals surface area (Å²) in [6.45, 7) is 0. The molecule has 108 valence electrons.